The molecular weight excluding hydrogens is 306 g/mol. The molecule has 0 unspecified atom stereocenters. The zero-order valence-electron chi connectivity index (χ0n) is 11.4. The Balaban J connectivity index is 2.37. The third kappa shape index (κ3) is 2.98. The summed E-state index contributed by atoms with van der Waals surface area (Å²) < 4.78 is 8.83. The predicted molar refractivity (Wildman–Crippen MR) is 79.7 cm³/mol. The van der Waals surface area contributed by atoms with Crippen molar-refractivity contribution in [2.24, 2.45) is 12.8 Å². The lowest BCUT2D eigenvalue weighted by Crippen LogP contribution is -2.05. The summed E-state index contributed by atoms with van der Waals surface area (Å²) in [6, 6.07) is 5.95. The summed E-state index contributed by atoms with van der Waals surface area (Å²) in [7, 11) is 1.89. The Hall–Kier alpha value is -1.33. The lowest BCUT2D eigenvalue weighted by Gasteiger charge is -2.11. The summed E-state index contributed by atoms with van der Waals surface area (Å²) in [6.07, 6.45) is 0.768. The van der Waals surface area contributed by atoms with E-state index in [0.29, 0.717) is 6.54 Å². The van der Waals surface area contributed by atoms with Gasteiger partial charge in [-0.05, 0) is 50.6 Å². The zero-order chi connectivity index (χ0) is 14.0. The fraction of sp³-hybridized carbons (Fsp3) is 0.357. The van der Waals surface area contributed by atoms with Crippen LogP contribution < -0.4 is 10.5 Å². The number of rotatable bonds is 4. The van der Waals surface area contributed by atoms with E-state index in [1.165, 1.54) is 0 Å². The topological polar surface area (TPSA) is 53.1 Å². The van der Waals surface area contributed by atoms with Crippen molar-refractivity contribution < 1.29 is 4.74 Å². The highest BCUT2D eigenvalue weighted by molar-refractivity contribution is 9.10. The maximum Gasteiger partial charge on any atom is 0.221 e. The number of nitrogens with zero attached hydrogens (tertiary/aromatic N) is 2. The Labute approximate surface area is 121 Å². The number of ether oxygens (including phenoxy) is 1. The van der Waals surface area contributed by atoms with Crippen molar-refractivity contribution in [3.63, 3.8) is 0 Å². The fourth-order valence-corrected chi connectivity index (χ4v) is 2.55. The van der Waals surface area contributed by atoms with Crippen LogP contribution >= 0.6 is 15.9 Å². The molecular formula is C14H18BrN3O. The van der Waals surface area contributed by atoms with Crippen LogP contribution in [0.2, 0.25) is 0 Å². The Bertz CT molecular complexity index is 593. The first-order valence-corrected chi connectivity index (χ1v) is 6.98. The Kier molecular flexibility index (Phi) is 4.27. The first-order valence-electron chi connectivity index (χ1n) is 6.19. The smallest absolute Gasteiger partial charge is 0.221 e. The molecule has 0 amide bonds. The van der Waals surface area contributed by atoms with Crippen LogP contribution in [0.1, 0.15) is 16.8 Å². The molecule has 19 heavy (non-hydrogen) atoms. The summed E-state index contributed by atoms with van der Waals surface area (Å²) in [6.45, 7) is 4.58. The average molecular weight is 324 g/mol. The van der Waals surface area contributed by atoms with E-state index in [9.17, 15) is 0 Å². The number of nitrogens with two attached hydrogens (primary N) is 1. The molecule has 0 radical (unpaired) electrons. The summed E-state index contributed by atoms with van der Waals surface area (Å²) >= 11 is 3.45. The van der Waals surface area contributed by atoms with E-state index in [0.717, 1.165) is 39.3 Å². The van der Waals surface area contributed by atoms with Gasteiger partial charge in [-0.3, -0.25) is 0 Å². The van der Waals surface area contributed by atoms with Gasteiger partial charge in [0.2, 0.25) is 5.88 Å². The van der Waals surface area contributed by atoms with E-state index < -0.39 is 0 Å². The zero-order valence-corrected chi connectivity index (χ0v) is 13.0. The van der Waals surface area contributed by atoms with Crippen LogP contribution in [0.5, 0.6) is 11.6 Å². The Morgan fingerprint density at radius 1 is 1.37 bits per heavy atom. The lowest BCUT2D eigenvalue weighted by atomic mass is 10.2. The molecule has 1 aromatic heterocycles. The average Bonchev–Trinajstić information content (AvgIpc) is 2.60. The number of aryl methyl sites for hydroxylation is 3. The molecule has 1 heterocycles. The molecule has 0 spiro atoms. The molecule has 0 fully saturated rings. The SMILES string of the molecule is Cc1cc(Br)ccc1Oc1c(CCN)c(C)nn1C. The van der Waals surface area contributed by atoms with Crippen LogP contribution in [0.25, 0.3) is 0 Å². The number of halogens is 1. The van der Waals surface area contributed by atoms with E-state index in [1.807, 2.05) is 39.1 Å². The van der Waals surface area contributed by atoms with E-state index in [-0.39, 0.29) is 0 Å². The minimum atomic E-state index is 0.586. The highest BCUT2D eigenvalue weighted by Crippen LogP contribution is 2.30. The number of hydrogen-bond donors (Lipinski definition) is 1. The second-order valence-electron chi connectivity index (χ2n) is 4.54. The van der Waals surface area contributed by atoms with Crippen LogP contribution in [-0.2, 0) is 13.5 Å². The summed E-state index contributed by atoms with van der Waals surface area (Å²) in [5.41, 5.74) is 8.77. The Morgan fingerprint density at radius 3 is 2.74 bits per heavy atom. The number of benzene rings is 1. The van der Waals surface area contributed by atoms with Crippen molar-refractivity contribution in [3.05, 3.63) is 39.5 Å². The quantitative estimate of drug-likeness (QED) is 0.940. The van der Waals surface area contributed by atoms with Gasteiger partial charge in [0.05, 0.1) is 5.69 Å². The third-order valence-electron chi connectivity index (χ3n) is 3.03. The first kappa shape index (κ1) is 14.1. The van der Waals surface area contributed by atoms with Gasteiger partial charge in [0.25, 0.3) is 0 Å². The van der Waals surface area contributed by atoms with Gasteiger partial charge >= 0.3 is 0 Å². The third-order valence-corrected chi connectivity index (χ3v) is 3.52. The largest absolute Gasteiger partial charge is 0.439 e. The van der Waals surface area contributed by atoms with E-state index in [4.69, 9.17) is 10.5 Å². The van der Waals surface area contributed by atoms with Gasteiger partial charge in [-0.1, -0.05) is 15.9 Å². The first-order chi connectivity index (χ1) is 9.02. The molecule has 2 N–H and O–H groups in total. The van der Waals surface area contributed by atoms with Gasteiger partial charge in [0.15, 0.2) is 0 Å². The van der Waals surface area contributed by atoms with Gasteiger partial charge in [0, 0.05) is 17.1 Å². The Morgan fingerprint density at radius 2 is 2.11 bits per heavy atom. The van der Waals surface area contributed by atoms with E-state index in [1.54, 1.807) is 4.68 Å². The van der Waals surface area contributed by atoms with Crippen molar-refractivity contribution in [1.29, 1.82) is 0 Å². The normalized spacial score (nSPS) is 10.8. The molecule has 2 rings (SSSR count). The summed E-state index contributed by atoms with van der Waals surface area (Å²) in [5, 5.41) is 4.40. The molecule has 0 aliphatic rings. The van der Waals surface area contributed by atoms with Gasteiger partial charge in [-0.2, -0.15) is 5.10 Å². The van der Waals surface area contributed by atoms with Crippen LogP contribution in [0.4, 0.5) is 0 Å². The molecule has 0 saturated heterocycles. The van der Waals surface area contributed by atoms with Gasteiger partial charge in [-0.25, -0.2) is 4.68 Å². The minimum absolute atomic E-state index is 0.586. The van der Waals surface area contributed by atoms with Crippen molar-refractivity contribution in [2.45, 2.75) is 20.3 Å². The van der Waals surface area contributed by atoms with Gasteiger partial charge in [-0.15, -0.1) is 0 Å². The molecule has 102 valence electrons. The lowest BCUT2D eigenvalue weighted by molar-refractivity contribution is 0.423. The molecule has 1 aromatic carbocycles. The number of aromatic nitrogens is 2. The van der Waals surface area contributed by atoms with Gasteiger partial charge < -0.3 is 10.5 Å². The second kappa shape index (κ2) is 5.75. The van der Waals surface area contributed by atoms with Crippen molar-refractivity contribution in [1.82, 2.24) is 9.78 Å². The number of hydrogen-bond acceptors (Lipinski definition) is 3. The summed E-state index contributed by atoms with van der Waals surface area (Å²) in [4.78, 5) is 0. The molecule has 0 aliphatic heterocycles. The summed E-state index contributed by atoms with van der Waals surface area (Å²) in [5.74, 6) is 1.61. The van der Waals surface area contributed by atoms with Crippen molar-refractivity contribution in [3.8, 4) is 11.6 Å². The standard InChI is InChI=1S/C14H18BrN3O/c1-9-8-11(15)4-5-13(9)19-14-12(6-7-16)10(2)17-18(14)3/h4-5,8H,6-7,16H2,1-3H3. The maximum absolute atomic E-state index is 6.02. The van der Waals surface area contributed by atoms with Crippen molar-refractivity contribution >= 4 is 15.9 Å². The molecule has 2 aromatic rings. The predicted octanol–water partition coefficient (Wildman–Crippen LogP) is 3.09. The monoisotopic (exact) mass is 323 g/mol. The fourth-order valence-electron chi connectivity index (χ4n) is 2.07. The van der Waals surface area contributed by atoms with Gasteiger partial charge in [0.1, 0.15) is 5.75 Å². The van der Waals surface area contributed by atoms with Crippen molar-refractivity contribution in [2.75, 3.05) is 6.54 Å². The molecule has 0 bridgehead atoms. The second-order valence-corrected chi connectivity index (χ2v) is 5.46. The molecule has 0 saturated carbocycles. The van der Waals surface area contributed by atoms with E-state index in [2.05, 4.69) is 21.0 Å². The highest BCUT2D eigenvalue weighted by atomic mass is 79.9. The maximum atomic E-state index is 6.02. The van der Waals surface area contributed by atoms with E-state index >= 15 is 0 Å². The van der Waals surface area contributed by atoms with Crippen LogP contribution in [0.3, 0.4) is 0 Å². The molecule has 0 aliphatic carbocycles. The molecule has 5 heteroatoms. The molecule has 4 nitrogen and oxygen atoms in total. The van der Waals surface area contributed by atoms with Crippen LogP contribution in [-0.4, -0.2) is 16.3 Å². The highest BCUT2D eigenvalue weighted by Gasteiger charge is 2.15. The van der Waals surface area contributed by atoms with Crippen LogP contribution in [0, 0.1) is 13.8 Å². The van der Waals surface area contributed by atoms with Crippen LogP contribution in [0.15, 0.2) is 22.7 Å². The minimum Gasteiger partial charge on any atom is -0.439 e. The molecule has 0 atom stereocenters.